The molecule has 0 spiro atoms. The molecule has 1 aromatic carbocycles. The Morgan fingerprint density at radius 2 is 1.89 bits per heavy atom. The van der Waals surface area contributed by atoms with E-state index in [1.165, 1.54) is 50.9 Å². The van der Waals surface area contributed by atoms with E-state index in [4.69, 9.17) is 0 Å². The Bertz CT molecular complexity index is 382. The maximum absolute atomic E-state index is 3.88. The van der Waals surface area contributed by atoms with Gasteiger partial charge in [0.1, 0.15) is 0 Å². The molecular formula is C17H26N2. The number of nitrogens with zero attached hydrogens (tertiary/aromatic N) is 1. The van der Waals surface area contributed by atoms with Gasteiger partial charge in [0.25, 0.3) is 0 Å². The summed E-state index contributed by atoms with van der Waals surface area (Å²) in [6.45, 7) is 6.13. The summed E-state index contributed by atoms with van der Waals surface area (Å²) in [6.07, 6.45) is 5.28. The molecule has 2 heteroatoms. The van der Waals surface area contributed by atoms with Crippen LogP contribution in [0.3, 0.4) is 0 Å². The molecule has 0 bridgehead atoms. The van der Waals surface area contributed by atoms with Crippen molar-refractivity contribution in [2.24, 2.45) is 0 Å². The van der Waals surface area contributed by atoms with Crippen molar-refractivity contribution in [2.45, 2.75) is 50.6 Å². The van der Waals surface area contributed by atoms with Crippen molar-refractivity contribution in [2.75, 3.05) is 19.6 Å². The highest BCUT2D eigenvalue weighted by molar-refractivity contribution is 5.27. The van der Waals surface area contributed by atoms with Crippen LogP contribution in [0.25, 0.3) is 0 Å². The Kier molecular flexibility index (Phi) is 4.19. The van der Waals surface area contributed by atoms with E-state index in [2.05, 4.69) is 47.5 Å². The minimum absolute atomic E-state index is 0.741. The molecule has 2 fully saturated rings. The molecule has 2 unspecified atom stereocenters. The third-order valence-electron chi connectivity index (χ3n) is 4.60. The molecule has 2 aliphatic rings. The van der Waals surface area contributed by atoms with Crippen LogP contribution in [-0.4, -0.2) is 36.6 Å². The van der Waals surface area contributed by atoms with Crippen LogP contribution in [0.4, 0.5) is 0 Å². The van der Waals surface area contributed by atoms with Crippen LogP contribution < -0.4 is 5.32 Å². The Morgan fingerprint density at radius 1 is 1.16 bits per heavy atom. The first-order valence-corrected chi connectivity index (χ1v) is 7.90. The van der Waals surface area contributed by atoms with E-state index in [9.17, 15) is 0 Å². The van der Waals surface area contributed by atoms with Gasteiger partial charge in [0, 0.05) is 18.0 Å². The molecule has 104 valence electrons. The Labute approximate surface area is 117 Å². The molecule has 2 nitrogen and oxygen atoms in total. The van der Waals surface area contributed by atoms with E-state index < -0.39 is 0 Å². The van der Waals surface area contributed by atoms with E-state index in [-0.39, 0.29) is 0 Å². The lowest BCUT2D eigenvalue weighted by atomic mass is 10.0. The monoisotopic (exact) mass is 258 g/mol. The van der Waals surface area contributed by atoms with Gasteiger partial charge >= 0.3 is 0 Å². The first-order chi connectivity index (χ1) is 9.36. The molecule has 0 aromatic heterocycles. The Morgan fingerprint density at radius 3 is 2.58 bits per heavy atom. The summed E-state index contributed by atoms with van der Waals surface area (Å²) in [7, 11) is 0. The van der Waals surface area contributed by atoms with Gasteiger partial charge in [-0.05, 0) is 50.9 Å². The second kappa shape index (κ2) is 6.06. The fourth-order valence-electron chi connectivity index (χ4n) is 3.39. The highest BCUT2D eigenvalue weighted by atomic mass is 15.1. The van der Waals surface area contributed by atoms with Crippen molar-refractivity contribution in [3.63, 3.8) is 0 Å². The zero-order valence-electron chi connectivity index (χ0n) is 12.0. The SMILES string of the molecule is CCCN1CCC(NC2CC2c2ccccc2)CC1. The molecule has 1 aliphatic carbocycles. The molecule has 1 aromatic rings. The number of piperidine rings is 1. The second-order valence-corrected chi connectivity index (χ2v) is 6.14. The molecule has 19 heavy (non-hydrogen) atoms. The summed E-state index contributed by atoms with van der Waals surface area (Å²) in [5.74, 6) is 0.773. The van der Waals surface area contributed by atoms with Crippen molar-refractivity contribution in [3.05, 3.63) is 35.9 Å². The van der Waals surface area contributed by atoms with Crippen molar-refractivity contribution in [3.8, 4) is 0 Å². The minimum Gasteiger partial charge on any atom is -0.311 e. The van der Waals surface area contributed by atoms with E-state index in [1.54, 1.807) is 0 Å². The summed E-state index contributed by atoms with van der Waals surface area (Å²) in [5, 5.41) is 3.88. The van der Waals surface area contributed by atoms with Gasteiger partial charge in [0.15, 0.2) is 0 Å². The van der Waals surface area contributed by atoms with Crippen molar-refractivity contribution in [1.82, 2.24) is 10.2 Å². The lowest BCUT2D eigenvalue weighted by molar-refractivity contribution is 0.197. The summed E-state index contributed by atoms with van der Waals surface area (Å²) in [5.41, 5.74) is 1.52. The lowest BCUT2D eigenvalue weighted by Gasteiger charge is -2.32. The van der Waals surface area contributed by atoms with Gasteiger partial charge in [0.2, 0.25) is 0 Å². The molecule has 2 atom stereocenters. The second-order valence-electron chi connectivity index (χ2n) is 6.14. The highest BCUT2D eigenvalue weighted by Gasteiger charge is 2.39. The topological polar surface area (TPSA) is 15.3 Å². The summed E-state index contributed by atoms with van der Waals surface area (Å²) in [6, 6.07) is 12.5. The molecule has 1 N–H and O–H groups in total. The fourth-order valence-corrected chi connectivity index (χ4v) is 3.39. The van der Waals surface area contributed by atoms with E-state index >= 15 is 0 Å². The summed E-state index contributed by atoms with van der Waals surface area (Å²) >= 11 is 0. The van der Waals surface area contributed by atoms with Gasteiger partial charge in [-0.15, -0.1) is 0 Å². The molecule has 1 aliphatic heterocycles. The van der Waals surface area contributed by atoms with Gasteiger partial charge < -0.3 is 10.2 Å². The largest absolute Gasteiger partial charge is 0.311 e. The normalized spacial score (nSPS) is 28.5. The highest BCUT2D eigenvalue weighted by Crippen LogP contribution is 2.41. The zero-order valence-corrected chi connectivity index (χ0v) is 12.0. The van der Waals surface area contributed by atoms with Crippen LogP contribution in [0, 0.1) is 0 Å². The lowest BCUT2D eigenvalue weighted by Crippen LogP contribution is -2.43. The average molecular weight is 258 g/mol. The Balaban J connectivity index is 1.42. The molecule has 0 radical (unpaired) electrons. The average Bonchev–Trinajstić information content (AvgIpc) is 3.22. The number of rotatable bonds is 5. The molecule has 1 saturated carbocycles. The van der Waals surface area contributed by atoms with Crippen molar-refractivity contribution >= 4 is 0 Å². The number of hydrogen-bond acceptors (Lipinski definition) is 2. The molecule has 3 rings (SSSR count). The van der Waals surface area contributed by atoms with Gasteiger partial charge in [-0.2, -0.15) is 0 Å². The van der Waals surface area contributed by atoms with Crippen LogP contribution in [-0.2, 0) is 0 Å². The van der Waals surface area contributed by atoms with Crippen molar-refractivity contribution in [1.29, 1.82) is 0 Å². The minimum atomic E-state index is 0.741. The molecule has 0 amide bonds. The molecular weight excluding hydrogens is 232 g/mol. The van der Waals surface area contributed by atoms with Gasteiger partial charge in [-0.1, -0.05) is 37.3 Å². The number of likely N-dealkylation sites (tertiary alicyclic amines) is 1. The van der Waals surface area contributed by atoms with Crippen molar-refractivity contribution < 1.29 is 0 Å². The van der Waals surface area contributed by atoms with Crippen LogP contribution >= 0.6 is 0 Å². The van der Waals surface area contributed by atoms with E-state index in [0.717, 1.165) is 18.0 Å². The first kappa shape index (κ1) is 13.1. The summed E-state index contributed by atoms with van der Waals surface area (Å²) in [4.78, 5) is 2.61. The van der Waals surface area contributed by atoms with Crippen LogP contribution in [0.2, 0.25) is 0 Å². The smallest absolute Gasteiger partial charge is 0.0145 e. The van der Waals surface area contributed by atoms with Gasteiger partial charge in [-0.25, -0.2) is 0 Å². The molecule has 1 saturated heterocycles. The maximum atomic E-state index is 3.88. The van der Waals surface area contributed by atoms with Gasteiger partial charge in [0.05, 0.1) is 0 Å². The number of hydrogen-bond donors (Lipinski definition) is 1. The third kappa shape index (κ3) is 3.37. The predicted molar refractivity (Wildman–Crippen MR) is 80.5 cm³/mol. The fraction of sp³-hybridized carbons (Fsp3) is 0.647. The number of benzene rings is 1. The number of nitrogens with one attached hydrogen (secondary N) is 1. The van der Waals surface area contributed by atoms with E-state index in [1.807, 2.05) is 0 Å². The summed E-state index contributed by atoms with van der Waals surface area (Å²) < 4.78 is 0. The Hall–Kier alpha value is -0.860. The molecule has 1 heterocycles. The first-order valence-electron chi connectivity index (χ1n) is 7.90. The third-order valence-corrected chi connectivity index (χ3v) is 4.60. The maximum Gasteiger partial charge on any atom is 0.0145 e. The zero-order chi connectivity index (χ0) is 13.1. The van der Waals surface area contributed by atoms with Crippen LogP contribution in [0.1, 0.15) is 44.1 Å². The van der Waals surface area contributed by atoms with Crippen LogP contribution in [0.5, 0.6) is 0 Å². The quantitative estimate of drug-likeness (QED) is 0.873. The van der Waals surface area contributed by atoms with Gasteiger partial charge in [-0.3, -0.25) is 0 Å². The van der Waals surface area contributed by atoms with Crippen LogP contribution in [0.15, 0.2) is 30.3 Å². The van der Waals surface area contributed by atoms with E-state index in [0.29, 0.717) is 0 Å². The standard InChI is InChI=1S/C17H26N2/c1-2-10-19-11-8-15(9-12-19)18-17-13-16(17)14-6-4-3-5-7-14/h3-7,15-18H,2,8-13H2,1H3. The predicted octanol–water partition coefficient (Wildman–Crippen LogP) is 3.01.